The summed E-state index contributed by atoms with van der Waals surface area (Å²) in [5.41, 5.74) is 0. The maximum atomic E-state index is 11.3. The lowest BCUT2D eigenvalue weighted by molar-refractivity contribution is -0.144. The van der Waals surface area contributed by atoms with Gasteiger partial charge in [0.25, 0.3) is 0 Å². The lowest BCUT2D eigenvalue weighted by Crippen LogP contribution is -2.21. The Morgan fingerprint density at radius 2 is 1.88 bits per heavy atom. The Morgan fingerprint density at radius 3 is 2.38 bits per heavy atom. The third-order valence-electron chi connectivity index (χ3n) is 2.44. The van der Waals surface area contributed by atoms with Gasteiger partial charge in [0.1, 0.15) is 5.75 Å². The smallest absolute Gasteiger partial charge is 0.309 e. The van der Waals surface area contributed by atoms with Gasteiger partial charge in [0.05, 0.1) is 13.0 Å². The Hall–Kier alpha value is -1.16. The monoisotopic (exact) mass is 240 g/mol. The Morgan fingerprint density at radius 1 is 1.31 bits per heavy atom. The van der Waals surface area contributed by atoms with E-state index in [0.717, 1.165) is 4.90 Å². The number of ether oxygens (including phenoxy) is 1. The van der Waals surface area contributed by atoms with Crippen molar-refractivity contribution in [1.29, 1.82) is 0 Å². The van der Waals surface area contributed by atoms with Gasteiger partial charge >= 0.3 is 5.97 Å². The van der Waals surface area contributed by atoms with E-state index in [9.17, 15) is 4.79 Å². The van der Waals surface area contributed by atoms with Gasteiger partial charge < -0.3 is 9.84 Å². The molecule has 88 valence electrons. The molecule has 0 aliphatic heterocycles. The molecule has 0 saturated heterocycles. The van der Waals surface area contributed by atoms with Crippen molar-refractivity contribution in [1.82, 2.24) is 0 Å². The summed E-state index contributed by atoms with van der Waals surface area (Å²) < 4.78 is 4.70. The molecule has 0 radical (unpaired) electrons. The lowest BCUT2D eigenvalue weighted by atomic mass is 10.1. The Kier molecular flexibility index (Phi) is 4.68. The zero-order chi connectivity index (χ0) is 12.1. The van der Waals surface area contributed by atoms with E-state index in [2.05, 4.69) is 0 Å². The topological polar surface area (TPSA) is 46.5 Å². The van der Waals surface area contributed by atoms with Gasteiger partial charge in [-0.25, -0.2) is 0 Å². The van der Waals surface area contributed by atoms with Crippen molar-refractivity contribution in [2.24, 2.45) is 5.92 Å². The van der Waals surface area contributed by atoms with Crippen LogP contribution in [0.2, 0.25) is 0 Å². The Balaban J connectivity index is 2.60. The third-order valence-corrected chi connectivity index (χ3v) is 3.76. The fraction of sp³-hybridized carbons (Fsp3) is 0.417. The fourth-order valence-corrected chi connectivity index (χ4v) is 2.26. The molecule has 0 saturated carbocycles. The van der Waals surface area contributed by atoms with E-state index in [4.69, 9.17) is 9.84 Å². The molecule has 16 heavy (non-hydrogen) atoms. The van der Waals surface area contributed by atoms with Gasteiger partial charge in [0.2, 0.25) is 0 Å². The highest BCUT2D eigenvalue weighted by Crippen LogP contribution is 2.29. The number of carbonyl (C=O) groups excluding carboxylic acids is 1. The Labute approximate surface area is 99.8 Å². The van der Waals surface area contributed by atoms with E-state index < -0.39 is 0 Å². The summed E-state index contributed by atoms with van der Waals surface area (Å²) in [6.45, 7) is 3.84. The molecule has 0 spiro atoms. The first-order valence-corrected chi connectivity index (χ1v) is 5.96. The number of hydrogen-bond donors (Lipinski definition) is 1. The molecular weight excluding hydrogens is 224 g/mol. The summed E-state index contributed by atoms with van der Waals surface area (Å²) >= 11 is 1.59. The highest BCUT2D eigenvalue weighted by Gasteiger charge is 2.21. The number of benzene rings is 1. The predicted octanol–water partition coefficient (Wildman–Crippen LogP) is 2.68. The maximum Gasteiger partial charge on any atom is 0.309 e. The van der Waals surface area contributed by atoms with E-state index >= 15 is 0 Å². The molecule has 1 aromatic carbocycles. The largest absolute Gasteiger partial charge is 0.508 e. The predicted molar refractivity (Wildman–Crippen MR) is 64.6 cm³/mol. The van der Waals surface area contributed by atoms with Crippen molar-refractivity contribution in [3.8, 4) is 5.75 Å². The summed E-state index contributed by atoms with van der Waals surface area (Å²) in [7, 11) is 1.40. The fourth-order valence-electron chi connectivity index (χ4n) is 1.22. The van der Waals surface area contributed by atoms with Crippen LogP contribution in [0.3, 0.4) is 0 Å². The maximum absolute atomic E-state index is 11.3. The van der Waals surface area contributed by atoms with E-state index in [1.165, 1.54) is 7.11 Å². The quantitative estimate of drug-likeness (QED) is 0.649. The van der Waals surface area contributed by atoms with Gasteiger partial charge in [-0.1, -0.05) is 13.8 Å². The minimum absolute atomic E-state index is 0.136. The van der Waals surface area contributed by atoms with Gasteiger partial charge in [0, 0.05) is 10.1 Å². The second-order valence-corrected chi connectivity index (χ2v) is 5.08. The number of rotatable bonds is 4. The third kappa shape index (κ3) is 3.45. The second kappa shape index (κ2) is 5.80. The molecule has 4 heteroatoms. The number of aromatic hydroxyl groups is 1. The van der Waals surface area contributed by atoms with Crippen LogP contribution in [0.4, 0.5) is 0 Å². The number of thioether (sulfide) groups is 1. The van der Waals surface area contributed by atoms with Crippen LogP contribution in [0.25, 0.3) is 0 Å². The SMILES string of the molecule is COC(=O)C(C)C(C)Sc1ccc(O)cc1. The van der Waals surface area contributed by atoms with E-state index in [0.29, 0.717) is 0 Å². The van der Waals surface area contributed by atoms with Gasteiger partial charge in [-0.3, -0.25) is 4.79 Å². The molecule has 0 aromatic heterocycles. The van der Waals surface area contributed by atoms with E-state index in [-0.39, 0.29) is 22.9 Å². The first-order valence-electron chi connectivity index (χ1n) is 5.08. The molecule has 0 amide bonds. The van der Waals surface area contributed by atoms with Crippen molar-refractivity contribution >= 4 is 17.7 Å². The average molecular weight is 240 g/mol. The van der Waals surface area contributed by atoms with Crippen LogP contribution >= 0.6 is 11.8 Å². The molecule has 1 N–H and O–H groups in total. The molecule has 0 heterocycles. The van der Waals surface area contributed by atoms with Crippen molar-refractivity contribution in [3.05, 3.63) is 24.3 Å². The molecule has 2 unspecified atom stereocenters. The number of carbonyl (C=O) groups is 1. The van der Waals surface area contributed by atoms with Gasteiger partial charge in [-0.15, -0.1) is 11.8 Å². The molecular formula is C12H16O3S. The zero-order valence-corrected chi connectivity index (χ0v) is 10.5. The number of phenolic OH excluding ortho intramolecular Hbond substituents is 1. The number of phenols is 1. The average Bonchev–Trinajstić information content (AvgIpc) is 2.30. The van der Waals surface area contributed by atoms with Crippen molar-refractivity contribution in [2.75, 3.05) is 7.11 Å². The zero-order valence-electron chi connectivity index (χ0n) is 9.64. The van der Waals surface area contributed by atoms with Crippen LogP contribution in [0, 0.1) is 5.92 Å². The van der Waals surface area contributed by atoms with E-state index in [1.807, 2.05) is 26.0 Å². The molecule has 0 aliphatic rings. The molecule has 3 nitrogen and oxygen atoms in total. The Bertz CT molecular complexity index is 348. The molecule has 2 atom stereocenters. The van der Waals surface area contributed by atoms with Crippen LogP contribution in [-0.2, 0) is 9.53 Å². The van der Waals surface area contributed by atoms with Crippen molar-refractivity contribution < 1.29 is 14.6 Å². The van der Waals surface area contributed by atoms with Crippen molar-refractivity contribution in [3.63, 3.8) is 0 Å². The highest BCUT2D eigenvalue weighted by molar-refractivity contribution is 8.00. The molecule has 1 aromatic rings. The minimum Gasteiger partial charge on any atom is -0.508 e. The van der Waals surface area contributed by atoms with Crippen LogP contribution in [-0.4, -0.2) is 23.4 Å². The minimum atomic E-state index is -0.196. The van der Waals surface area contributed by atoms with E-state index in [1.54, 1.807) is 23.9 Å². The summed E-state index contributed by atoms with van der Waals surface area (Å²) in [4.78, 5) is 12.4. The molecule has 0 fully saturated rings. The summed E-state index contributed by atoms with van der Waals surface area (Å²) in [6, 6.07) is 6.94. The first kappa shape index (κ1) is 12.9. The van der Waals surface area contributed by atoms with Crippen molar-refractivity contribution in [2.45, 2.75) is 24.0 Å². The van der Waals surface area contributed by atoms with Crippen LogP contribution in [0.15, 0.2) is 29.2 Å². The lowest BCUT2D eigenvalue weighted by Gasteiger charge is -2.17. The highest BCUT2D eigenvalue weighted by atomic mass is 32.2. The number of esters is 1. The second-order valence-electron chi connectivity index (χ2n) is 3.63. The summed E-state index contributed by atoms with van der Waals surface area (Å²) in [5, 5.41) is 9.28. The van der Waals surface area contributed by atoms with Gasteiger partial charge in [-0.2, -0.15) is 0 Å². The molecule has 0 bridgehead atoms. The number of hydrogen-bond acceptors (Lipinski definition) is 4. The molecule has 0 aliphatic carbocycles. The van der Waals surface area contributed by atoms with Crippen LogP contribution < -0.4 is 0 Å². The normalized spacial score (nSPS) is 14.2. The summed E-state index contributed by atoms with van der Waals surface area (Å²) in [5.74, 6) is -0.0967. The molecule has 1 rings (SSSR count). The standard InChI is InChI=1S/C12H16O3S/c1-8(12(14)15-3)9(2)16-11-6-4-10(13)5-7-11/h4-9,13H,1-3H3. The van der Waals surface area contributed by atoms with Crippen LogP contribution in [0.1, 0.15) is 13.8 Å². The first-order chi connectivity index (χ1) is 7.54. The van der Waals surface area contributed by atoms with Crippen LogP contribution in [0.5, 0.6) is 5.75 Å². The van der Waals surface area contributed by atoms with Gasteiger partial charge in [-0.05, 0) is 24.3 Å². The van der Waals surface area contributed by atoms with Gasteiger partial charge in [0.15, 0.2) is 0 Å². The summed E-state index contributed by atoms with van der Waals surface area (Å²) in [6.07, 6.45) is 0. The number of methoxy groups -OCH3 is 1.